The van der Waals surface area contributed by atoms with Crippen LogP contribution in [0.4, 0.5) is 14.9 Å². The number of carbonyl (C=O) groups excluding carboxylic acids is 3. The van der Waals surface area contributed by atoms with Gasteiger partial charge in [0, 0.05) is 24.3 Å². The first-order chi connectivity index (χ1) is 16.8. The standard InChI is InChI=1S/C28H34FN3O3/c1-20(33)23-8-5-9-25(18-23)32(27(30)35)28(14-3-2-4-15-28)26(34)31-16-6-7-22(19-31)17-21-10-12-24(29)13-11-21/h5,8-13,18,22H,2-4,6-7,14-17,19H2,1H3,(H2,30,35)/t22-/m0/s1. The lowest BCUT2D eigenvalue weighted by molar-refractivity contribution is -0.140. The predicted octanol–water partition coefficient (Wildman–Crippen LogP) is 5.10. The van der Waals surface area contributed by atoms with E-state index in [0.29, 0.717) is 37.2 Å². The van der Waals surface area contributed by atoms with E-state index in [0.717, 1.165) is 44.1 Å². The first kappa shape index (κ1) is 24.9. The van der Waals surface area contributed by atoms with Crippen molar-refractivity contribution in [2.24, 2.45) is 11.7 Å². The molecule has 1 heterocycles. The predicted molar refractivity (Wildman–Crippen MR) is 134 cm³/mol. The van der Waals surface area contributed by atoms with E-state index in [1.54, 1.807) is 36.4 Å². The molecule has 0 unspecified atom stereocenters. The molecule has 2 aromatic carbocycles. The van der Waals surface area contributed by atoms with Gasteiger partial charge in [0.15, 0.2) is 5.78 Å². The molecule has 35 heavy (non-hydrogen) atoms. The van der Waals surface area contributed by atoms with Crippen LogP contribution in [0.1, 0.15) is 67.8 Å². The first-order valence-corrected chi connectivity index (χ1v) is 12.5. The zero-order valence-electron chi connectivity index (χ0n) is 20.3. The minimum atomic E-state index is -1.06. The smallest absolute Gasteiger partial charge is 0.320 e. The van der Waals surface area contributed by atoms with Crippen LogP contribution in [0.25, 0.3) is 0 Å². The van der Waals surface area contributed by atoms with Crippen molar-refractivity contribution in [2.45, 2.75) is 63.8 Å². The highest BCUT2D eigenvalue weighted by atomic mass is 19.1. The van der Waals surface area contributed by atoms with E-state index in [1.807, 2.05) is 4.90 Å². The fraction of sp³-hybridized carbons (Fsp3) is 0.464. The molecule has 2 fully saturated rings. The van der Waals surface area contributed by atoms with E-state index in [-0.39, 0.29) is 23.4 Å². The third-order valence-corrected chi connectivity index (χ3v) is 7.48. The number of urea groups is 1. The molecule has 1 atom stereocenters. The molecule has 0 bridgehead atoms. The lowest BCUT2D eigenvalue weighted by Crippen LogP contribution is -2.64. The Bertz CT molecular complexity index is 1080. The first-order valence-electron chi connectivity index (χ1n) is 12.5. The number of benzene rings is 2. The van der Waals surface area contributed by atoms with Crippen LogP contribution in [-0.4, -0.2) is 41.2 Å². The number of carbonyl (C=O) groups is 3. The highest BCUT2D eigenvalue weighted by Gasteiger charge is 2.49. The average molecular weight is 480 g/mol. The number of nitrogens with two attached hydrogens (primary N) is 1. The van der Waals surface area contributed by atoms with Crippen LogP contribution in [-0.2, 0) is 11.2 Å². The molecule has 7 heteroatoms. The van der Waals surface area contributed by atoms with E-state index in [2.05, 4.69) is 0 Å². The van der Waals surface area contributed by atoms with Gasteiger partial charge < -0.3 is 10.6 Å². The fourth-order valence-corrected chi connectivity index (χ4v) is 5.78. The second kappa shape index (κ2) is 10.6. The summed E-state index contributed by atoms with van der Waals surface area (Å²) in [7, 11) is 0. The van der Waals surface area contributed by atoms with Crippen molar-refractivity contribution in [3.63, 3.8) is 0 Å². The van der Waals surface area contributed by atoms with Gasteiger partial charge in [-0.15, -0.1) is 0 Å². The molecule has 1 aliphatic heterocycles. The molecule has 2 N–H and O–H groups in total. The van der Waals surface area contributed by atoms with Gasteiger partial charge >= 0.3 is 6.03 Å². The van der Waals surface area contributed by atoms with Gasteiger partial charge in [-0.2, -0.15) is 0 Å². The Kier molecular flexibility index (Phi) is 7.53. The normalized spacial score (nSPS) is 19.7. The Balaban J connectivity index is 1.62. The van der Waals surface area contributed by atoms with E-state index >= 15 is 0 Å². The van der Waals surface area contributed by atoms with Gasteiger partial charge in [0.1, 0.15) is 11.4 Å². The van der Waals surface area contributed by atoms with Crippen LogP contribution >= 0.6 is 0 Å². The van der Waals surface area contributed by atoms with Crippen LogP contribution < -0.4 is 10.6 Å². The largest absolute Gasteiger partial charge is 0.351 e. The molecule has 1 saturated heterocycles. The van der Waals surface area contributed by atoms with Crippen molar-refractivity contribution in [1.82, 2.24) is 4.90 Å². The molecular formula is C28H34FN3O3. The van der Waals surface area contributed by atoms with E-state index in [1.165, 1.54) is 24.0 Å². The fourth-order valence-electron chi connectivity index (χ4n) is 5.78. The summed E-state index contributed by atoms with van der Waals surface area (Å²) < 4.78 is 13.3. The van der Waals surface area contributed by atoms with Crippen molar-refractivity contribution >= 4 is 23.4 Å². The maximum absolute atomic E-state index is 14.2. The lowest BCUT2D eigenvalue weighted by atomic mass is 9.78. The van der Waals surface area contributed by atoms with Crippen molar-refractivity contribution < 1.29 is 18.8 Å². The number of hydrogen-bond acceptors (Lipinski definition) is 3. The summed E-state index contributed by atoms with van der Waals surface area (Å²) in [6.07, 6.45) is 6.39. The minimum Gasteiger partial charge on any atom is -0.351 e. The summed E-state index contributed by atoms with van der Waals surface area (Å²) in [5, 5.41) is 0. The van der Waals surface area contributed by atoms with Crippen molar-refractivity contribution in [3.05, 3.63) is 65.5 Å². The summed E-state index contributed by atoms with van der Waals surface area (Å²) in [5.74, 6) is -0.163. The number of Topliss-reactive ketones (excluding diaryl/α,β-unsaturated/α-hetero) is 1. The lowest BCUT2D eigenvalue weighted by Gasteiger charge is -2.48. The molecule has 6 nitrogen and oxygen atoms in total. The van der Waals surface area contributed by atoms with E-state index < -0.39 is 11.6 Å². The SMILES string of the molecule is CC(=O)c1cccc(N(C(N)=O)C2(C(=O)N3CCC[C@@H](Cc4ccc(F)cc4)C3)CCCCC2)c1. The summed E-state index contributed by atoms with van der Waals surface area (Å²) in [5.41, 5.74) is 6.88. The zero-order valence-corrected chi connectivity index (χ0v) is 20.3. The molecule has 0 spiro atoms. The van der Waals surface area contributed by atoms with E-state index in [9.17, 15) is 18.8 Å². The molecular weight excluding hydrogens is 445 g/mol. The van der Waals surface area contributed by atoms with Gasteiger partial charge in [0.2, 0.25) is 5.91 Å². The van der Waals surface area contributed by atoms with Crippen LogP contribution in [0.2, 0.25) is 0 Å². The van der Waals surface area contributed by atoms with Gasteiger partial charge in [-0.25, -0.2) is 9.18 Å². The topological polar surface area (TPSA) is 83.7 Å². The summed E-state index contributed by atoms with van der Waals surface area (Å²) in [6, 6.07) is 12.7. The van der Waals surface area contributed by atoms with Gasteiger partial charge in [-0.1, -0.05) is 43.5 Å². The number of nitrogens with zero attached hydrogens (tertiary/aromatic N) is 2. The molecule has 4 rings (SSSR count). The monoisotopic (exact) mass is 479 g/mol. The molecule has 1 aliphatic carbocycles. The Labute approximate surface area is 206 Å². The zero-order chi connectivity index (χ0) is 25.0. The maximum atomic E-state index is 14.2. The second-order valence-corrected chi connectivity index (χ2v) is 9.96. The number of primary amides is 1. The van der Waals surface area contributed by atoms with Crippen molar-refractivity contribution in [2.75, 3.05) is 18.0 Å². The highest BCUT2D eigenvalue weighted by Crippen LogP contribution is 2.39. The number of anilines is 1. The maximum Gasteiger partial charge on any atom is 0.320 e. The van der Waals surface area contributed by atoms with Gasteiger partial charge in [-0.05, 0) is 74.8 Å². The number of amides is 3. The molecule has 2 aromatic rings. The van der Waals surface area contributed by atoms with E-state index in [4.69, 9.17) is 5.73 Å². The molecule has 0 aromatic heterocycles. The van der Waals surface area contributed by atoms with Gasteiger partial charge in [0.25, 0.3) is 0 Å². The summed E-state index contributed by atoms with van der Waals surface area (Å²) in [6.45, 7) is 2.71. The summed E-state index contributed by atoms with van der Waals surface area (Å²) in [4.78, 5) is 42.4. The molecule has 1 saturated carbocycles. The third kappa shape index (κ3) is 5.39. The number of ketones is 1. The Hall–Kier alpha value is -3.22. The Morgan fingerprint density at radius 1 is 1.06 bits per heavy atom. The van der Waals surface area contributed by atoms with Crippen LogP contribution in [0, 0.1) is 11.7 Å². The van der Waals surface area contributed by atoms with Crippen LogP contribution in [0.5, 0.6) is 0 Å². The second-order valence-electron chi connectivity index (χ2n) is 9.96. The van der Waals surface area contributed by atoms with Crippen LogP contribution in [0.3, 0.4) is 0 Å². The highest BCUT2D eigenvalue weighted by molar-refractivity contribution is 6.03. The summed E-state index contributed by atoms with van der Waals surface area (Å²) >= 11 is 0. The number of hydrogen-bond donors (Lipinski definition) is 1. The number of rotatable bonds is 6. The quantitative estimate of drug-likeness (QED) is 0.585. The Morgan fingerprint density at radius 2 is 1.77 bits per heavy atom. The van der Waals surface area contributed by atoms with Crippen LogP contribution in [0.15, 0.2) is 48.5 Å². The molecule has 2 aliphatic rings. The Morgan fingerprint density at radius 3 is 2.43 bits per heavy atom. The average Bonchev–Trinajstić information content (AvgIpc) is 2.86. The number of piperidine rings is 1. The van der Waals surface area contributed by atoms with Crippen molar-refractivity contribution in [1.29, 1.82) is 0 Å². The number of likely N-dealkylation sites (tertiary alicyclic amines) is 1. The molecule has 0 radical (unpaired) electrons. The number of halogens is 1. The van der Waals surface area contributed by atoms with Gasteiger partial charge in [0.05, 0.1) is 0 Å². The molecule has 3 amide bonds. The van der Waals surface area contributed by atoms with Crippen molar-refractivity contribution in [3.8, 4) is 0 Å². The third-order valence-electron chi connectivity index (χ3n) is 7.48. The molecule has 186 valence electrons. The van der Waals surface area contributed by atoms with Gasteiger partial charge in [-0.3, -0.25) is 14.5 Å². The minimum absolute atomic E-state index is 0.0620.